The molecule has 1 aromatic carbocycles. The van der Waals surface area contributed by atoms with Gasteiger partial charge in [-0.25, -0.2) is 9.69 Å². The van der Waals surface area contributed by atoms with Crippen molar-refractivity contribution in [3.05, 3.63) is 35.4 Å². The Kier molecular flexibility index (Phi) is 8.10. The molecule has 1 unspecified atom stereocenters. The molecule has 2 rings (SSSR count). The van der Waals surface area contributed by atoms with E-state index in [0.717, 1.165) is 37.1 Å². The lowest BCUT2D eigenvalue weighted by atomic mass is 10.1. The highest BCUT2D eigenvalue weighted by Gasteiger charge is 2.39. The number of imide groups is 1. The molecule has 144 valence electrons. The molecule has 0 spiro atoms. The molecule has 1 fully saturated rings. The van der Waals surface area contributed by atoms with Gasteiger partial charge < -0.3 is 5.32 Å². The fourth-order valence-corrected chi connectivity index (χ4v) is 3.26. The van der Waals surface area contributed by atoms with Crippen LogP contribution in [0.15, 0.2) is 24.3 Å². The number of aryl methyl sites for hydroxylation is 1. The Morgan fingerprint density at radius 3 is 2.08 bits per heavy atom. The normalized spacial score (nSPS) is 17.2. The fourth-order valence-electron chi connectivity index (χ4n) is 3.26. The van der Waals surface area contributed by atoms with Crippen molar-refractivity contribution in [1.82, 2.24) is 15.1 Å². The zero-order chi connectivity index (χ0) is 18.9. The summed E-state index contributed by atoms with van der Waals surface area (Å²) in [4.78, 5) is 28.8. The number of benzene rings is 1. The Balaban J connectivity index is 2.00. The van der Waals surface area contributed by atoms with Gasteiger partial charge in [-0.1, -0.05) is 69.4 Å². The second-order valence-electron chi connectivity index (χ2n) is 7.23. The number of hydrogen-bond acceptors (Lipinski definition) is 3. The van der Waals surface area contributed by atoms with E-state index in [4.69, 9.17) is 0 Å². The number of rotatable bonds is 11. The van der Waals surface area contributed by atoms with Crippen LogP contribution in [-0.4, -0.2) is 41.5 Å². The summed E-state index contributed by atoms with van der Waals surface area (Å²) >= 11 is 0. The summed E-state index contributed by atoms with van der Waals surface area (Å²) in [7, 11) is 0. The minimum absolute atomic E-state index is 0.144. The molecule has 3 amide bonds. The maximum absolute atomic E-state index is 12.8. The standard InChI is InChI=1S/C21H33N3O2/c1-4-6-8-14-23(15-9-7-5-2)16-24-20(25)19(22-21(24)26)18-12-10-17(3)11-13-18/h10-13,19H,4-9,14-16H2,1-3H3,(H,22,26). The second-order valence-corrected chi connectivity index (χ2v) is 7.23. The molecule has 1 heterocycles. The van der Waals surface area contributed by atoms with E-state index < -0.39 is 6.04 Å². The van der Waals surface area contributed by atoms with Crippen LogP contribution in [0.25, 0.3) is 0 Å². The summed E-state index contributed by atoms with van der Waals surface area (Å²) in [6, 6.07) is 6.94. The van der Waals surface area contributed by atoms with Gasteiger partial charge in [-0.15, -0.1) is 0 Å². The molecule has 1 N–H and O–H groups in total. The Labute approximate surface area is 157 Å². The van der Waals surface area contributed by atoms with Crippen LogP contribution in [0, 0.1) is 6.92 Å². The Morgan fingerprint density at radius 1 is 0.962 bits per heavy atom. The van der Waals surface area contributed by atoms with Crippen LogP contribution in [0.2, 0.25) is 0 Å². The van der Waals surface area contributed by atoms with Crippen molar-refractivity contribution in [3.63, 3.8) is 0 Å². The van der Waals surface area contributed by atoms with Crippen LogP contribution in [0.3, 0.4) is 0 Å². The van der Waals surface area contributed by atoms with E-state index >= 15 is 0 Å². The van der Waals surface area contributed by atoms with Crippen LogP contribution in [0.4, 0.5) is 4.79 Å². The Hall–Kier alpha value is -1.88. The van der Waals surface area contributed by atoms with Gasteiger partial charge in [0, 0.05) is 0 Å². The van der Waals surface area contributed by atoms with E-state index in [1.54, 1.807) is 0 Å². The van der Waals surface area contributed by atoms with Crippen molar-refractivity contribution in [2.75, 3.05) is 19.8 Å². The number of nitrogens with zero attached hydrogens (tertiary/aromatic N) is 2. The van der Waals surface area contributed by atoms with E-state index in [1.807, 2.05) is 31.2 Å². The van der Waals surface area contributed by atoms with Crippen LogP contribution < -0.4 is 5.32 Å². The number of unbranched alkanes of at least 4 members (excludes halogenated alkanes) is 4. The fraction of sp³-hybridized carbons (Fsp3) is 0.619. The summed E-state index contributed by atoms with van der Waals surface area (Å²) in [5, 5.41) is 2.84. The SMILES string of the molecule is CCCCCN(CCCCC)CN1C(=O)NC(c2ccc(C)cc2)C1=O. The summed E-state index contributed by atoms with van der Waals surface area (Å²) in [5.41, 5.74) is 1.99. The number of nitrogens with one attached hydrogen (secondary N) is 1. The minimum atomic E-state index is -0.559. The van der Waals surface area contributed by atoms with Crippen molar-refractivity contribution in [3.8, 4) is 0 Å². The van der Waals surface area contributed by atoms with Crippen molar-refractivity contribution in [1.29, 1.82) is 0 Å². The Bertz CT molecular complexity index is 575. The number of carbonyl (C=O) groups excluding carboxylic acids is 2. The topological polar surface area (TPSA) is 52.6 Å². The molecule has 26 heavy (non-hydrogen) atoms. The van der Waals surface area contributed by atoms with Gasteiger partial charge in [0.2, 0.25) is 0 Å². The van der Waals surface area contributed by atoms with Crippen LogP contribution in [0.1, 0.15) is 69.5 Å². The van der Waals surface area contributed by atoms with Gasteiger partial charge in [-0.05, 0) is 38.4 Å². The predicted octanol–water partition coefficient (Wildman–Crippen LogP) is 4.23. The summed E-state index contributed by atoms with van der Waals surface area (Å²) < 4.78 is 0. The molecule has 5 nitrogen and oxygen atoms in total. The molecule has 5 heteroatoms. The first-order valence-electron chi connectivity index (χ1n) is 9.97. The molecule has 1 saturated heterocycles. The second kappa shape index (κ2) is 10.3. The van der Waals surface area contributed by atoms with Crippen molar-refractivity contribution in [2.45, 2.75) is 65.3 Å². The van der Waals surface area contributed by atoms with E-state index in [-0.39, 0.29) is 11.9 Å². The summed E-state index contributed by atoms with van der Waals surface area (Å²) in [5.74, 6) is -0.144. The van der Waals surface area contributed by atoms with E-state index in [1.165, 1.54) is 30.6 Å². The Morgan fingerprint density at radius 2 is 1.54 bits per heavy atom. The highest BCUT2D eigenvalue weighted by molar-refractivity contribution is 6.04. The van der Waals surface area contributed by atoms with Crippen LogP contribution >= 0.6 is 0 Å². The van der Waals surface area contributed by atoms with Gasteiger partial charge in [0.05, 0.1) is 6.67 Å². The number of hydrogen-bond donors (Lipinski definition) is 1. The first-order valence-corrected chi connectivity index (χ1v) is 9.97. The third-order valence-corrected chi connectivity index (χ3v) is 4.93. The first kappa shape index (κ1) is 20.4. The first-order chi connectivity index (χ1) is 12.6. The molecule has 1 atom stereocenters. The minimum Gasteiger partial charge on any atom is -0.322 e. The maximum atomic E-state index is 12.8. The molecule has 1 aliphatic heterocycles. The molecule has 0 bridgehead atoms. The van der Waals surface area contributed by atoms with Gasteiger partial charge in [-0.3, -0.25) is 9.69 Å². The van der Waals surface area contributed by atoms with E-state index in [9.17, 15) is 9.59 Å². The van der Waals surface area contributed by atoms with Crippen LogP contribution in [0.5, 0.6) is 0 Å². The van der Waals surface area contributed by atoms with Gasteiger partial charge in [0.15, 0.2) is 0 Å². The van der Waals surface area contributed by atoms with Gasteiger partial charge in [0.25, 0.3) is 5.91 Å². The predicted molar refractivity (Wildman–Crippen MR) is 105 cm³/mol. The molecule has 1 aliphatic rings. The quantitative estimate of drug-likeness (QED) is 0.475. The highest BCUT2D eigenvalue weighted by atomic mass is 16.2. The lowest BCUT2D eigenvalue weighted by Gasteiger charge is -2.26. The van der Waals surface area contributed by atoms with Gasteiger partial charge in [-0.2, -0.15) is 0 Å². The molecule has 0 radical (unpaired) electrons. The third-order valence-electron chi connectivity index (χ3n) is 4.93. The van der Waals surface area contributed by atoms with Crippen molar-refractivity contribution >= 4 is 11.9 Å². The number of urea groups is 1. The highest BCUT2D eigenvalue weighted by Crippen LogP contribution is 2.22. The summed E-state index contributed by atoms with van der Waals surface area (Å²) in [6.45, 7) is 8.64. The zero-order valence-electron chi connectivity index (χ0n) is 16.5. The van der Waals surface area contributed by atoms with E-state index in [0.29, 0.717) is 6.67 Å². The summed E-state index contributed by atoms with van der Waals surface area (Å²) in [6.07, 6.45) is 6.90. The van der Waals surface area contributed by atoms with E-state index in [2.05, 4.69) is 24.1 Å². The van der Waals surface area contributed by atoms with Crippen molar-refractivity contribution < 1.29 is 9.59 Å². The zero-order valence-corrected chi connectivity index (χ0v) is 16.5. The molecule has 1 aromatic rings. The molecule has 0 saturated carbocycles. The van der Waals surface area contributed by atoms with Gasteiger partial charge in [0.1, 0.15) is 6.04 Å². The average Bonchev–Trinajstić information content (AvgIpc) is 2.90. The lowest BCUT2D eigenvalue weighted by molar-refractivity contribution is -0.129. The smallest absolute Gasteiger partial charge is 0.322 e. The number of amides is 3. The van der Waals surface area contributed by atoms with Crippen LogP contribution in [-0.2, 0) is 4.79 Å². The largest absolute Gasteiger partial charge is 0.326 e. The molecule has 0 aliphatic carbocycles. The average molecular weight is 360 g/mol. The van der Waals surface area contributed by atoms with Gasteiger partial charge >= 0.3 is 6.03 Å². The molecular weight excluding hydrogens is 326 g/mol. The molecule has 0 aromatic heterocycles. The lowest BCUT2D eigenvalue weighted by Crippen LogP contribution is -2.42. The van der Waals surface area contributed by atoms with Crippen molar-refractivity contribution in [2.24, 2.45) is 0 Å². The monoisotopic (exact) mass is 359 g/mol. The molecular formula is C21H33N3O2. The maximum Gasteiger partial charge on any atom is 0.326 e. The third kappa shape index (κ3) is 5.56. The number of carbonyl (C=O) groups is 2.